The van der Waals surface area contributed by atoms with E-state index in [2.05, 4.69) is 9.97 Å². The Hall–Kier alpha value is -1.82. The largest absolute Gasteiger partial charge is 0.439 e. The lowest BCUT2D eigenvalue weighted by Gasteiger charge is -2.10. The second-order valence-corrected chi connectivity index (χ2v) is 4.71. The summed E-state index contributed by atoms with van der Waals surface area (Å²) in [5.74, 6) is 0.659. The summed E-state index contributed by atoms with van der Waals surface area (Å²) < 4.78 is 43.2. The summed E-state index contributed by atoms with van der Waals surface area (Å²) in [7, 11) is 0. The number of aromatic nitrogens is 2. The highest BCUT2D eigenvalue weighted by Crippen LogP contribution is 2.32. The SMILES string of the molecule is CCCc1nc(Cl)cc(Oc2cccc(C(F)(F)F)c2)n1. The van der Waals surface area contributed by atoms with Gasteiger partial charge in [0, 0.05) is 12.5 Å². The van der Waals surface area contributed by atoms with Crippen LogP contribution >= 0.6 is 11.6 Å². The van der Waals surface area contributed by atoms with E-state index < -0.39 is 11.7 Å². The lowest BCUT2D eigenvalue weighted by Crippen LogP contribution is -2.04. The topological polar surface area (TPSA) is 35.0 Å². The quantitative estimate of drug-likeness (QED) is 0.753. The van der Waals surface area contributed by atoms with E-state index in [-0.39, 0.29) is 16.8 Å². The van der Waals surface area contributed by atoms with Crippen LogP contribution in [0.25, 0.3) is 0 Å². The molecular weight excluding hydrogens is 305 g/mol. The van der Waals surface area contributed by atoms with E-state index >= 15 is 0 Å². The van der Waals surface area contributed by atoms with Crippen LogP contribution in [0.2, 0.25) is 5.15 Å². The smallest absolute Gasteiger partial charge is 0.416 e. The molecule has 0 aliphatic heterocycles. The highest BCUT2D eigenvalue weighted by Gasteiger charge is 2.30. The normalized spacial score (nSPS) is 11.5. The lowest BCUT2D eigenvalue weighted by molar-refractivity contribution is -0.137. The molecule has 1 aromatic heterocycles. The molecule has 112 valence electrons. The van der Waals surface area contributed by atoms with Gasteiger partial charge >= 0.3 is 6.18 Å². The molecule has 0 saturated heterocycles. The van der Waals surface area contributed by atoms with E-state index in [4.69, 9.17) is 16.3 Å². The van der Waals surface area contributed by atoms with Crippen molar-refractivity contribution in [3.63, 3.8) is 0 Å². The molecule has 0 fully saturated rings. The first-order chi connectivity index (χ1) is 9.88. The molecule has 1 aromatic carbocycles. The predicted molar refractivity (Wildman–Crippen MR) is 72.6 cm³/mol. The number of aryl methyl sites for hydroxylation is 1. The van der Waals surface area contributed by atoms with Crippen LogP contribution < -0.4 is 4.74 Å². The van der Waals surface area contributed by atoms with E-state index in [0.29, 0.717) is 12.2 Å². The molecule has 2 rings (SSSR count). The number of alkyl halides is 3. The van der Waals surface area contributed by atoms with Gasteiger partial charge in [-0.15, -0.1) is 0 Å². The highest BCUT2D eigenvalue weighted by molar-refractivity contribution is 6.29. The minimum atomic E-state index is -4.42. The van der Waals surface area contributed by atoms with Crippen LogP contribution in [0.1, 0.15) is 24.7 Å². The average Bonchev–Trinajstić information content (AvgIpc) is 2.37. The van der Waals surface area contributed by atoms with Crippen LogP contribution in [-0.2, 0) is 12.6 Å². The van der Waals surface area contributed by atoms with Gasteiger partial charge in [0.1, 0.15) is 16.7 Å². The van der Waals surface area contributed by atoms with Crippen LogP contribution in [0, 0.1) is 0 Å². The van der Waals surface area contributed by atoms with Crippen molar-refractivity contribution in [2.45, 2.75) is 25.9 Å². The molecule has 3 nitrogen and oxygen atoms in total. The maximum Gasteiger partial charge on any atom is 0.416 e. The molecule has 0 radical (unpaired) electrons. The van der Waals surface area contributed by atoms with Crippen molar-refractivity contribution >= 4 is 11.6 Å². The number of hydrogen-bond donors (Lipinski definition) is 0. The molecule has 0 spiro atoms. The minimum Gasteiger partial charge on any atom is -0.439 e. The Morgan fingerprint density at radius 3 is 2.62 bits per heavy atom. The molecule has 7 heteroatoms. The minimum absolute atomic E-state index is 0.0436. The van der Waals surface area contributed by atoms with Gasteiger partial charge in [-0.05, 0) is 24.6 Å². The standard InChI is InChI=1S/C14H12ClF3N2O/c1-2-4-12-19-11(15)8-13(20-12)21-10-6-3-5-9(7-10)14(16,17)18/h3,5-8H,2,4H2,1H3. The summed E-state index contributed by atoms with van der Waals surface area (Å²) in [5, 5.41) is 0.190. The van der Waals surface area contributed by atoms with Crippen LogP contribution in [0.5, 0.6) is 11.6 Å². The molecule has 0 bridgehead atoms. The molecule has 21 heavy (non-hydrogen) atoms. The summed E-state index contributed by atoms with van der Waals surface area (Å²) in [5.41, 5.74) is -0.783. The predicted octanol–water partition coefficient (Wildman–Crippen LogP) is 4.89. The van der Waals surface area contributed by atoms with Crippen molar-refractivity contribution in [2.24, 2.45) is 0 Å². The molecule has 2 aromatic rings. The van der Waals surface area contributed by atoms with Crippen molar-refractivity contribution in [1.29, 1.82) is 0 Å². The fourth-order valence-corrected chi connectivity index (χ4v) is 1.88. The first-order valence-electron chi connectivity index (χ1n) is 6.27. The number of halogens is 4. The van der Waals surface area contributed by atoms with E-state index in [0.717, 1.165) is 18.6 Å². The second kappa shape index (κ2) is 6.30. The van der Waals surface area contributed by atoms with Gasteiger partial charge in [0.25, 0.3) is 0 Å². The van der Waals surface area contributed by atoms with Crippen molar-refractivity contribution in [3.05, 3.63) is 46.9 Å². The lowest BCUT2D eigenvalue weighted by atomic mass is 10.2. The zero-order valence-electron chi connectivity index (χ0n) is 11.1. The molecule has 0 unspecified atom stereocenters. The van der Waals surface area contributed by atoms with Crippen LogP contribution in [-0.4, -0.2) is 9.97 Å². The Kier molecular flexibility index (Phi) is 4.67. The summed E-state index contributed by atoms with van der Waals surface area (Å²) in [6.07, 6.45) is -2.99. The van der Waals surface area contributed by atoms with Gasteiger partial charge in [-0.2, -0.15) is 18.2 Å². The van der Waals surface area contributed by atoms with Crippen LogP contribution in [0.4, 0.5) is 13.2 Å². The van der Waals surface area contributed by atoms with Gasteiger partial charge in [0.15, 0.2) is 0 Å². The van der Waals surface area contributed by atoms with Gasteiger partial charge < -0.3 is 4.74 Å². The fraction of sp³-hybridized carbons (Fsp3) is 0.286. The monoisotopic (exact) mass is 316 g/mol. The number of rotatable bonds is 4. The summed E-state index contributed by atoms with van der Waals surface area (Å²) >= 11 is 5.84. The Balaban J connectivity index is 2.26. The Morgan fingerprint density at radius 2 is 1.95 bits per heavy atom. The third-order valence-corrected chi connectivity index (χ3v) is 2.77. The van der Waals surface area contributed by atoms with Gasteiger partial charge in [0.2, 0.25) is 5.88 Å². The Bertz CT molecular complexity index is 632. The Labute approximate surface area is 124 Å². The number of hydrogen-bond acceptors (Lipinski definition) is 3. The van der Waals surface area contributed by atoms with Crippen molar-refractivity contribution in [3.8, 4) is 11.6 Å². The summed E-state index contributed by atoms with van der Waals surface area (Å²) in [4.78, 5) is 8.13. The van der Waals surface area contributed by atoms with E-state index in [1.165, 1.54) is 18.2 Å². The highest BCUT2D eigenvalue weighted by atomic mass is 35.5. The van der Waals surface area contributed by atoms with E-state index in [9.17, 15) is 13.2 Å². The number of benzene rings is 1. The maximum absolute atomic E-state index is 12.6. The van der Waals surface area contributed by atoms with Crippen molar-refractivity contribution in [2.75, 3.05) is 0 Å². The Morgan fingerprint density at radius 1 is 1.19 bits per heavy atom. The van der Waals surface area contributed by atoms with Gasteiger partial charge in [0.05, 0.1) is 5.56 Å². The van der Waals surface area contributed by atoms with Crippen LogP contribution in [0.3, 0.4) is 0 Å². The fourth-order valence-electron chi connectivity index (χ4n) is 1.69. The van der Waals surface area contributed by atoms with Crippen LogP contribution in [0.15, 0.2) is 30.3 Å². The third-order valence-electron chi connectivity index (χ3n) is 2.58. The first-order valence-corrected chi connectivity index (χ1v) is 6.65. The molecule has 0 aliphatic carbocycles. The maximum atomic E-state index is 12.6. The molecule has 0 aliphatic rings. The third kappa shape index (κ3) is 4.32. The molecule has 1 heterocycles. The first kappa shape index (κ1) is 15.6. The average molecular weight is 317 g/mol. The molecule has 0 atom stereocenters. The van der Waals surface area contributed by atoms with Gasteiger partial charge in [-0.1, -0.05) is 24.6 Å². The molecular formula is C14H12ClF3N2O. The molecule has 0 saturated carbocycles. The number of ether oxygens (including phenoxy) is 1. The summed E-state index contributed by atoms with van der Waals surface area (Å²) in [6, 6.07) is 5.94. The van der Waals surface area contributed by atoms with Gasteiger partial charge in [-0.25, -0.2) is 4.98 Å². The molecule has 0 N–H and O–H groups in total. The zero-order chi connectivity index (χ0) is 15.5. The van der Waals surface area contributed by atoms with Crippen molar-refractivity contribution in [1.82, 2.24) is 9.97 Å². The number of nitrogens with zero attached hydrogens (tertiary/aromatic N) is 2. The zero-order valence-corrected chi connectivity index (χ0v) is 11.9. The van der Waals surface area contributed by atoms with Gasteiger partial charge in [-0.3, -0.25) is 0 Å². The van der Waals surface area contributed by atoms with E-state index in [1.807, 2.05) is 6.92 Å². The molecule has 0 amide bonds. The summed E-state index contributed by atoms with van der Waals surface area (Å²) in [6.45, 7) is 1.96. The van der Waals surface area contributed by atoms with E-state index in [1.54, 1.807) is 0 Å². The van der Waals surface area contributed by atoms with Crippen molar-refractivity contribution < 1.29 is 17.9 Å². The second-order valence-electron chi connectivity index (χ2n) is 4.32.